The molecular weight excluding hydrogens is 832 g/mol. The van der Waals surface area contributed by atoms with Crippen molar-refractivity contribution in [3.8, 4) is 5.75 Å². The lowest BCUT2D eigenvalue weighted by Crippen LogP contribution is -2.52. The summed E-state index contributed by atoms with van der Waals surface area (Å²) < 4.78 is 6.70. The molecule has 0 aliphatic carbocycles. The number of likely N-dealkylation sites (N-methyl/N-ethyl adjacent to an activating group) is 1. The van der Waals surface area contributed by atoms with E-state index in [4.69, 9.17) is 9.72 Å². The maximum Gasteiger partial charge on any atom is 0.255 e. The molecule has 3 aliphatic rings. The van der Waals surface area contributed by atoms with Gasteiger partial charge < -0.3 is 30.1 Å². The fraction of sp³-hybridized carbons (Fsp3) is 0.364. The number of imide groups is 1. The first-order valence-electron chi connectivity index (χ1n) is 20.1. The van der Waals surface area contributed by atoms with E-state index >= 15 is 0 Å². The lowest BCUT2D eigenvalue weighted by atomic mass is 10.0. The Labute approximate surface area is 356 Å². The number of hydrogen-bond acceptors (Lipinski definition) is 11. The molecule has 4 heterocycles. The Morgan fingerprint density at radius 1 is 1.02 bits per heavy atom. The molecule has 3 aliphatic heterocycles. The molecule has 15 nitrogen and oxygen atoms in total. The number of Topliss-reactive ketones (excluding diaryl/α,β-unsaturated/α-hetero) is 1. The molecule has 1 unspecified atom stereocenters. The lowest BCUT2D eigenvalue weighted by molar-refractivity contribution is -0.137. The molecule has 1 aromatic heterocycles. The van der Waals surface area contributed by atoms with Gasteiger partial charge in [0.15, 0.2) is 11.6 Å². The van der Waals surface area contributed by atoms with Crippen LogP contribution in [0.25, 0.3) is 0 Å². The normalized spacial score (nSPS) is 17.4. The van der Waals surface area contributed by atoms with Crippen LogP contribution in [0.2, 0.25) is 0 Å². The number of rotatable bonds is 16. The van der Waals surface area contributed by atoms with E-state index in [0.717, 1.165) is 15.6 Å². The number of benzene rings is 3. The molecule has 0 saturated carbocycles. The Morgan fingerprint density at radius 3 is 2.57 bits per heavy atom. The number of ketones is 1. The van der Waals surface area contributed by atoms with Crippen molar-refractivity contribution in [2.45, 2.75) is 77.0 Å². The molecule has 3 N–H and O–H groups in total. The van der Waals surface area contributed by atoms with Gasteiger partial charge in [-0.15, -0.1) is 0 Å². The van der Waals surface area contributed by atoms with Gasteiger partial charge in [0.05, 0.1) is 13.3 Å². The number of anilines is 3. The Balaban J connectivity index is 0.897. The molecular formula is C44H47BrN8O7. The Morgan fingerprint density at radius 2 is 1.82 bits per heavy atom. The quantitative estimate of drug-likeness (QED) is 0.0788. The molecule has 16 heteroatoms. The van der Waals surface area contributed by atoms with Crippen LogP contribution in [0.3, 0.4) is 0 Å². The second-order valence-electron chi connectivity index (χ2n) is 15.1. The van der Waals surface area contributed by atoms with Crippen LogP contribution in [0.15, 0.2) is 71.3 Å². The highest BCUT2D eigenvalue weighted by molar-refractivity contribution is 9.10. The first-order chi connectivity index (χ1) is 28.9. The van der Waals surface area contributed by atoms with Gasteiger partial charge in [0.2, 0.25) is 23.6 Å². The van der Waals surface area contributed by atoms with Gasteiger partial charge in [-0.1, -0.05) is 53.2 Å². The van der Waals surface area contributed by atoms with E-state index in [9.17, 15) is 28.8 Å². The minimum absolute atomic E-state index is 0.00515. The highest BCUT2D eigenvalue weighted by Crippen LogP contribution is 2.36. The summed E-state index contributed by atoms with van der Waals surface area (Å²) in [4.78, 5) is 91.3. The Hall–Kier alpha value is -6.00. The van der Waals surface area contributed by atoms with Crippen molar-refractivity contribution in [2.75, 3.05) is 42.4 Å². The van der Waals surface area contributed by atoms with Gasteiger partial charge in [0.25, 0.3) is 5.91 Å². The maximum atomic E-state index is 13.3. The second kappa shape index (κ2) is 18.5. The van der Waals surface area contributed by atoms with Gasteiger partial charge in [0, 0.05) is 84.8 Å². The fourth-order valence-corrected chi connectivity index (χ4v) is 8.18. The van der Waals surface area contributed by atoms with Gasteiger partial charge in [-0.05, 0) is 61.7 Å². The number of amides is 5. The number of halogens is 1. The lowest BCUT2D eigenvalue weighted by Gasteiger charge is -2.40. The van der Waals surface area contributed by atoms with Crippen molar-refractivity contribution >= 4 is 68.4 Å². The van der Waals surface area contributed by atoms with E-state index in [1.165, 1.54) is 4.90 Å². The summed E-state index contributed by atoms with van der Waals surface area (Å²) >= 11 is 3.50. The zero-order valence-corrected chi connectivity index (χ0v) is 35.3. The average molecular weight is 880 g/mol. The van der Waals surface area contributed by atoms with Gasteiger partial charge >= 0.3 is 0 Å². The number of nitrogens with one attached hydrogen (secondary N) is 3. The van der Waals surface area contributed by atoms with Gasteiger partial charge in [-0.3, -0.25) is 34.1 Å². The second-order valence-corrected chi connectivity index (χ2v) is 16.0. The summed E-state index contributed by atoms with van der Waals surface area (Å²) in [6.07, 6.45) is 4.11. The molecule has 2 atom stereocenters. The van der Waals surface area contributed by atoms with Crippen molar-refractivity contribution in [2.24, 2.45) is 0 Å². The molecule has 4 aromatic rings. The van der Waals surface area contributed by atoms with Crippen LogP contribution in [0.4, 0.5) is 17.2 Å². The summed E-state index contributed by atoms with van der Waals surface area (Å²) in [5.41, 5.74) is 4.62. The first kappa shape index (κ1) is 42.1. The van der Waals surface area contributed by atoms with Crippen molar-refractivity contribution in [3.05, 3.63) is 105 Å². The molecule has 5 amide bonds. The molecule has 1 fully saturated rings. The van der Waals surface area contributed by atoms with E-state index in [1.54, 1.807) is 55.6 Å². The van der Waals surface area contributed by atoms with Crippen LogP contribution in [0.5, 0.6) is 5.75 Å². The summed E-state index contributed by atoms with van der Waals surface area (Å²) in [5, 5.41) is 8.42. The van der Waals surface area contributed by atoms with Crippen molar-refractivity contribution < 1.29 is 33.5 Å². The molecule has 60 heavy (non-hydrogen) atoms. The van der Waals surface area contributed by atoms with Crippen molar-refractivity contribution in [1.82, 2.24) is 25.5 Å². The standard InChI is InChI=1S/C44H47BrN8O7/c1-4-33-44(59)51(2)35-23-47-38(49-41(35)52(33)24-26-10-14-29(45)15-11-26)22-28-13-12-27(21-37(28)60-3)36(54)9-6-19-46-20-18-40(56)48-32-8-5-7-30-31(32)25-53(43(30)58)34-16-17-39(55)50-42(34)57/h5,7-8,10-15,21,23,33-34,46H,4,6,9,16-20,22,24-25H2,1-3H3,(H,48,56)(H,50,55,57)/t33-,34?/m1/s1. The first-order valence-corrected chi connectivity index (χ1v) is 20.9. The van der Waals surface area contributed by atoms with Crippen LogP contribution < -0.4 is 30.5 Å². The minimum Gasteiger partial charge on any atom is -0.496 e. The Kier molecular flexibility index (Phi) is 13.0. The van der Waals surface area contributed by atoms with Crippen LogP contribution in [0, 0.1) is 0 Å². The largest absolute Gasteiger partial charge is 0.496 e. The number of nitrogens with zero attached hydrogens (tertiary/aromatic N) is 5. The van der Waals surface area contributed by atoms with E-state index < -0.39 is 11.9 Å². The zero-order chi connectivity index (χ0) is 42.5. The third kappa shape index (κ3) is 9.09. The number of aromatic nitrogens is 2. The minimum atomic E-state index is -0.738. The van der Waals surface area contributed by atoms with Gasteiger partial charge in [-0.25, -0.2) is 9.97 Å². The number of methoxy groups -OCH3 is 1. The number of piperidine rings is 1. The Bertz CT molecular complexity index is 2340. The number of fused-ring (bicyclic) bond motifs is 2. The van der Waals surface area contributed by atoms with Crippen molar-refractivity contribution in [3.63, 3.8) is 0 Å². The number of carbonyl (C=O) groups excluding carboxylic acids is 6. The van der Waals surface area contributed by atoms with Crippen LogP contribution in [-0.4, -0.2) is 89.5 Å². The SMILES string of the molecule is CC[C@@H]1C(=O)N(C)c2cnc(Cc3ccc(C(=O)CCCNCCC(=O)Nc4cccc5c4CN(C4CCC(=O)NC4=O)C5=O)cc3OC)nc2N1Cc1ccc(Br)cc1. The van der Waals surface area contributed by atoms with E-state index in [0.29, 0.717) is 90.8 Å². The van der Waals surface area contributed by atoms with Crippen LogP contribution in [-0.2, 0) is 38.7 Å². The van der Waals surface area contributed by atoms with Crippen molar-refractivity contribution in [1.29, 1.82) is 0 Å². The average Bonchev–Trinajstić information content (AvgIpc) is 3.58. The monoisotopic (exact) mass is 878 g/mol. The third-order valence-corrected chi connectivity index (χ3v) is 11.7. The summed E-state index contributed by atoms with van der Waals surface area (Å²) in [6, 6.07) is 17.4. The van der Waals surface area contributed by atoms with E-state index in [2.05, 4.69) is 41.8 Å². The van der Waals surface area contributed by atoms with Gasteiger partial charge in [0.1, 0.15) is 29.3 Å². The molecule has 3 aromatic carbocycles. The topological polar surface area (TPSA) is 183 Å². The smallest absolute Gasteiger partial charge is 0.255 e. The molecule has 0 radical (unpaired) electrons. The molecule has 1 saturated heterocycles. The summed E-state index contributed by atoms with van der Waals surface area (Å²) in [5.74, 6) is 0.371. The number of ether oxygens (including phenoxy) is 1. The summed E-state index contributed by atoms with van der Waals surface area (Å²) in [7, 11) is 3.32. The summed E-state index contributed by atoms with van der Waals surface area (Å²) in [6.45, 7) is 3.58. The molecule has 7 rings (SSSR count). The molecule has 0 spiro atoms. The van der Waals surface area contributed by atoms with Crippen LogP contribution >= 0.6 is 15.9 Å². The molecule has 312 valence electrons. The van der Waals surface area contributed by atoms with Crippen LogP contribution in [0.1, 0.15) is 88.7 Å². The predicted octanol–water partition coefficient (Wildman–Crippen LogP) is 4.94. The predicted molar refractivity (Wildman–Crippen MR) is 228 cm³/mol. The number of hydrogen-bond donors (Lipinski definition) is 3. The number of carbonyl (C=O) groups is 6. The molecule has 0 bridgehead atoms. The fourth-order valence-electron chi connectivity index (χ4n) is 7.92. The maximum absolute atomic E-state index is 13.3. The van der Waals surface area contributed by atoms with E-state index in [-0.39, 0.29) is 61.3 Å². The van der Waals surface area contributed by atoms with E-state index in [1.807, 2.05) is 37.3 Å². The zero-order valence-electron chi connectivity index (χ0n) is 33.8. The highest BCUT2D eigenvalue weighted by Gasteiger charge is 2.40. The highest BCUT2D eigenvalue weighted by atomic mass is 79.9. The third-order valence-electron chi connectivity index (χ3n) is 11.2. The van der Waals surface area contributed by atoms with Gasteiger partial charge in [-0.2, -0.15) is 0 Å².